The first-order chi connectivity index (χ1) is 9.23. The summed E-state index contributed by atoms with van der Waals surface area (Å²) in [6.07, 6.45) is 0. The van der Waals surface area contributed by atoms with Crippen LogP contribution in [0.15, 0.2) is 29.2 Å². The van der Waals surface area contributed by atoms with Crippen LogP contribution in [0, 0.1) is 13.8 Å². The average molecular weight is 297 g/mol. The second-order valence-electron chi connectivity index (χ2n) is 4.98. The summed E-state index contributed by atoms with van der Waals surface area (Å²) in [6.45, 7) is 11.9. The number of rotatable bonds is 6. The standard InChI is InChI=1S/C15H23NO3S/c1-7-16(10-11(2)3)20(17,18)14-8-12(4)15(19-6)13(5)9-14/h8-9H,2,7,10H2,1,3-6H3. The molecular weight excluding hydrogens is 274 g/mol. The van der Waals surface area contributed by atoms with Gasteiger partial charge >= 0.3 is 0 Å². The summed E-state index contributed by atoms with van der Waals surface area (Å²) >= 11 is 0. The Hall–Kier alpha value is -1.33. The minimum atomic E-state index is -3.50. The van der Waals surface area contributed by atoms with Crippen LogP contribution >= 0.6 is 0 Å². The lowest BCUT2D eigenvalue weighted by Gasteiger charge is -2.21. The van der Waals surface area contributed by atoms with Crippen LogP contribution in [0.4, 0.5) is 0 Å². The summed E-state index contributed by atoms with van der Waals surface area (Å²) in [5.74, 6) is 0.729. The monoisotopic (exact) mass is 297 g/mol. The number of hydrogen-bond donors (Lipinski definition) is 0. The zero-order valence-corrected chi connectivity index (χ0v) is 13.7. The van der Waals surface area contributed by atoms with Crippen molar-refractivity contribution in [3.63, 3.8) is 0 Å². The fourth-order valence-corrected chi connectivity index (χ4v) is 3.88. The third-order valence-electron chi connectivity index (χ3n) is 3.07. The molecule has 0 aliphatic rings. The van der Waals surface area contributed by atoms with Crippen molar-refractivity contribution in [3.05, 3.63) is 35.4 Å². The maximum Gasteiger partial charge on any atom is 0.243 e. The van der Waals surface area contributed by atoms with Gasteiger partial charge in [-0.15, -0.1) is 0 Å². The first kappa shape index (κ1) is 16.7. The maximum absolute atomic E-state index is 12.6. The summed E-state index contributed by atoms with van der Waals surface area (Å²) in [5, 5.41) is 0. The molecule has 112 valence electrons. The third kappa shape index (κ3) is 3.41. The van der Waals surface area contributed by atoms with Crippen molar-refractivity contribution in [2.45, 2.75) is 32.6 Å². The van der Waals surface area contributed by atoms with E-state index in [1.807, 2.05) is 27.7 Å². The highest BCUT2D eigenvalue weighted by Gasteiger charge is 2.24. The van der Waals surface area contributed by atoms with Crippen molar-refractivity contribution in [1.29, 1.82) is 0 Å². The van der Waals surface area contributed by atoms with Gasteiger partial charge in [-0.3, -0.25) is 0 Å². The Morgan fingerprint density at radius 3 is 2.15 bits per heavy atom. The summed E-state index contributed by atoms with van der Waals surface area (Å²) in [6, 6.07) is 3.31. The van der Waals surface area contributed by atoms with E-state index in [-0.39, 0.29) is 0 Å². The quantitative estimate of drug-likeness (QED) is 0.759. The van der Waals surface area contributed by atoms with E-state index in [1.54, 1.807) is 19.2 Å². The summed E-state index contributed by atoms with van der Waals surface area (Å²) < 4.78 is 32.0. The molecule has 0 N–H and O–H groups in total. The topological polar surface area (TPSA) is 46.6 Å². The number of benzene rings is 1. The molecule has 0 aliphatic heterocycles. The molecule has 0 fully saturated rings. The number of hydrogen-bond acceptors (Lipinski definition) is 3. The van der Waals surface area contributed by atoms with Crippen LogP contribution in [0.1, 0.15) is 25.0 Å². The van der Waals surface area contributed by atoms with Crippen LogP contribution in [0.2, 0.25) is 0 Å². The Morgan fingerprint density at radius 1 is 1.30 bits per heavy atom. The number of methoxy groups -OCH3 is 1. The Bertz CT molecular complexity index is 583. The molecule has 1 aromatic rings. The first-order valence-electron chi connectivity index (χ1n) is 6.53. The minimum absolute atomic E-state index is 0.302. The Balaban J connectivity index is 3.31. The number of ether oxygens (including phenoxy) is 1. The second-order valence-corrected chi connectivity index (χ2v) is 6.92. The van der Waals surface area contributed by atoms with Crippen molar-refractivity contribution < 1.29 is 13.2 Å². The van der Waals surface area contributed by atoms with Crippen LogP contribution in [0.5, 0.6) is 5.75 Å². The first-order valence-corrected chi connectivity index (χ1v) is 7.97. The molecule has 1 rings (SSSR count). The van der Waals surface area contributed by atoms with Gasteiger partial charge in [-0.1, -0.05) is 19.1 Å². The molecule has 0 atom stereocenters. The highest BCUT2D eigenvalue weighted by atomic mass is 32.2. The van der Waals surface area contributed by atoms with Crippen LogP contribution in [0.25, 0.3) is 0 Å². The molecule has 20 heavy (non-hydrogen) atoms. The Labute approximate surface area is 122 Å². The molecule has 0 spiro atoms. The van der Waals surface area contributed by atoms with Crippen LogP contribution in [0.3, 0.4) is 0 Å². The molecule has 0 bridgehead atoms. The van der Waals surface area contributed by atoms with Gasteiger partial charge in [0.15, 0.2) is 0 Å². The largest absolute Gasteiger partial charge is 0.496 e. The molecule has 0 aromatic heterocycles. The predicted molar refractivity (Wildman–Crippen MR) is 81.7 cm³/mol. The van der Waals surface area contributed by atoms with E-state index in [4.69, 9.17) is 4.74 Å². The van der Waals surface area contributed by atoms with Crippen LogP contribution in [-0.4, -0.2) is 32.9 Å². The Kier molecular flexibility index (Phi) is 5.36. The van der Waals surface area contributed by atoms with Gasteiger partial charge < -0.3 is 4.74 Å². The number of likely N-dealkylation sites (N-methyl/N-ethyl adjacent to an activating group) is 1. The number of aryl methyl sites for hydroxylation is 2. The molecular formula is C15H23NO3S. The van der Waals surface area contributed by atoms with Gasteiger partial charge in [-0.25, -0.2) is 8.42 Å². The molecule has 4 nitrogen and oxygen atoms in total. The summed E-state index contributed by atoms with van der Waals surface area (Å²) in [4.78, 5) is 0.302. The van der Waals surface area contributed by atoms with E-state index in [2.05, 4.69) is 6.58 Å². The van der Waals surface area contributed by atoms with Gasteiger partial charge in [0.2, 0.25) is 10.0 Å². The highest BCUT2D eigenvalue weighted by Crippen LogP contribution is 2.28. The van der Waals surface area contributed by atoms with E-state index in [0.717, 1.165) is 22.4 Å². The number of sulfonamides is 1. The van der Waals surface area contributed by atoms with Gasteiger partial charge in [-0.05, 0) is 44.0 Å². The molecule has 0 radical (unpaired) electrons. The van der Waals surface area contributed by atoms with Gasteiger partial charge in [0.05, 0.1) is 12.0 Å². The Morgan fingerprint density at radius 2 is 1.80 bits per heavy atom. The van der Waals surface area contributed by atoms with Crippen LogP contribution in [-0.2, 0) is 10.0 Å². The second kappa shape index (κ2) is 6.41. The molecule has 0 unspecified atom stereocenters. The highest BCUT2D eigenvalue weighted by molar-refractivity contribution is 7.89. The van der Waals surface area contributed by atoms with E-state index in [1.165, 1.54) is 4.31 Å². The van der Waals surface area contributed by atoms with Crippen molar-refractivity contribution in [1.82, 2.24) is 4.31 Å². The molecule has 0 heterocycles. The van der Waals surface area contributed by atoms with E-state index < -0.39 is 10.0 Å². The van der Waals surface area contributed by atoms with Gasteiger partial charge in [0.25, 0.3) is 0 Å². The zero-order chi connectivity index (χ0) is 15.5. The lowest BCUT2D eigenvalue weighted by Crippen LogP contribution is -2.32. The zero-order valence-electron chi connectivity index (χ0n) is 12.9. The fourth-order valence-electron chi connectivity index (χ4n) is 2.20. The molecule has 1 aromatic carbocycles. The lowest BCUT2D eigenvalue weighted by atomic mass is 10.1. The molecule has 0 amide bonds. The van der Waals surface area contributed by atoms with Crippen molar-refractivity contribution in [2.24, 2.45) is 0 Å². The van der Waals surface area contributed by atoms with Crippen molar-refractivity contribution >= 4 is 10.0 Å². The maximum atomic E-state index is 12.6. The molecule has 0 aliphatic carbocycles. The van der Waals surface area contributed by atoms with Crippen molar-refractivity contribution in [2.75, 3.05) is 20.2 Å². The van der Waals surface area contributed by atoms with E-state index >= 15 is 0 Å². The van der Waals surface area contributed by atoms with E-state index in [0.29, 0.717) is 18.0 Å². The summed E-state index contributed by atoms with van der Waals surface area (Å²) in [7, 11) is -1.91. The van der Waals surface area contributed by atoms with Gasteiger partial charge in [-0.2, -0.15) is 4.31 Å². The smallest absolute Gasteiger partial charge is 0.243 e. The lowest BCUT2D eigenvalue weighted by molar-refractivity contribution is 0.407. The van der Waals surface area contributed by atoms with Crippen molar-refractivity contribution in [3.8, 4) is 5.75 Å². The number of nitrogens with zero attached hydrogens (tertiary/aromatic N) is 1. The third-order valence-corrected chi connectivity index (χ3v) is 4.97. The SMILES string of the molecule is C=C(C)CN(CC)S(=O)(=O)c1cc(C)c(OC)c(C)c1. The normalized spacial score (nSPS) is 11.7. The summed E-state index contributed by atoms with van der Waals surface area (Å²) in [5.41, 5.74) is 2.45. The molecule has 5 heteroatoms. The van der Waals surface area contributed by atoms with Gasteiger partial charge in [0, 0.05) is 13.1 Å². The molecule has 0 saturated carbocycles. The van der Waals surface area contributed by atoms with E-state index in [9.17, 15) is 8.42 Å². The molecule has 0 saturated heterocycles. The fraction of sp³-hybridized carbons (Fsp3) is 0.467. The predicted octanol–water partition coefficient (Wildman–Crippen LogP) is 2.90. The van der Waals surface area contributed by atoms with Gasteiger partial charge in [0.1, 0.15) is 5.75 Å². The van der Waals surface area contributed by atoms with Crippen LogP contribution < -0.4 is 4.74 Å². The average Bonchev–Trinajstić information content (AvgIpc) is 2.35. The minimum Gasteiger partial charge on any atom is -0.496 e.